The van der Waals surface area contributed by atoms with Gasteiger partial charge in [-0.2, -0.15) is 11.3 Å². The monoisotopic (exact) mass is 264 g/mol. The molecule has 4 heteroatoms. The van der Waals surface area contributed by atoms with Crippen molar-refractivity contribution in [3.8, 4) is 0 Å². The van der Waals surface area contributed by atoms with Crippen LogP contribution in [-0.2, 0) is 11.3 Å². The summed E-state index contributed by atoms with van der Waals surface area (Å²) in [6.07, 6.45) is 4.48. The van der Waals surface area contributed by atoms with E-state index in [1.807, 2.05) is 11.8 Å². The van der Waals surface area contributed by atoms with E-state index in [9.17, 15) is 4.79 Å². The maximum absolute atomic E-state index is 12.7. The minimum Gasteiger partial charge on any atom is -0.334 e. The number of hydrogen-bond acceptors (Lipinski definition) is 3. The van der Waals surface area contributed by atoms with Crippen LogP contribution >= 0.6 is 11.3 Å². The third-order valence-electron chi connectivity index (χ3n) is 4.07. The summed E-state index contributed by atoms with van der Waals surface area (Å²) in [5, 5.41) is 4.18. The van der Waals surface area contributed by atoms with Crippen molar-refractivity contribution >= 4 is 17.2 Å². The number of nitrogens with zero attached hydrogens (tertiary/aromatic N) is 1. The van der Waals surface area contributed by atoms with E-state index < -0.39 is 5.54 Å². The summed E-state index contributed by atoms with van der Waals surface area (Å²) in [4.78, 5) is 14.7. The van der Waals surface area contributed by atoms with Crippen molar-refractivity contribution in [2.45, 2.75) is 50.7 Å². The summed E-state index contributed by atoms with van der Waals surface area (Å²) in [5.41, 5.74) is 6.85. The Kier molecular flexibility index (Phi) is 2.94. The molecule has 0 aromatic carbocycles. The summed E-state index contributed by atoms with van der Waals surface area (Å²) in [7, 11) is 0. The summed E-state index contributed by atoms with van der Waals surface area (Å²) in [5.74, 6) is 0.549. The SMILES string of the molecule is CC(N)(C(=O)N(Cc1ccsc1)C1CC1)C1CC1. The van der Waals surface area contributed by atoms with Crippen molar-refractivity contribution < 1.29 is 4.79 Å². The number of thiophene rings is 1. The molecule has 2 aliphatic carbocycles. The van der Waals surface area contributed by atoms with E-state index in [1.54, 1.807) is 11.3 Å². The van der Waals surface area contributed by atoms with E-state index in [2.05, 4.69) is 16.8 Å². The summed E-state index contributed by atoms with van der Waals surface area (Å²) in [6.45, 7) is 2.64. The molecule has 18 heavy (non-hydrogen) atoms. The molecular formula is C14H20N2OS. The largest absolute Gasteiger partial charge is 0.334 e. The van der Waals surface area contributed by atoms with Crippen LogP contribution in [0.3, 0.4) is 0 Å². The van der Waals surface area contributed by atoms with Gasteiger partial charge in [-0.1, -0.05) is 0 Å². The molecule has 0 radical (unpaired) electrons. The van der Waals surface area contributed by atoms with Gasteiger partial charge in [0.2, 0.25) is 5.91 Å². The Morgan fingerprint density at radius 1 is 1.50 bits per heavy atom. The Labute approximate surface area is 112 Å². The molecule has 1 atom stereocenters. The van der Waals surface area contributed by atoms with Crippen LogP contribution in [0.5, 0.6) is 0 Å². The zero-order valence-electron chi connectivity index (χ0n) is 10.8. The summed E-state index contributed by atoms with van der Waals surface area (Å²) in [6, 6.07) is 2.53. The van der Waals surface area contributed by atoms with Crippen LogP contribution in [-0.4, -0.2) is 22.4 Å². The Morgan fingerprint density at radius 3 is 2.72 bits per heavy atom. The maximum Gasteiger partial charge on any atom is 0.243 e. The Balaban J connectivity index is 1.75. The van der Waals surface area contributed by atoms with Crippen LogP contribution in [0.15, 0.2) is 16.8 Å². The molecule has 98 valence electrons. The van der Waals surface area contributed by atoms with E-state index in [4.69, 9.17) is 5.73 Å². The predicted molar refractivity (Wildman–Crippen MR) is 73.2 cm³/mol. The van der Waals surface area contributed by atoms with Crippen molar-refractivity contribution in [3.63, 3.8) is 0 Å². The zero-order chi connectivity index (χ0) is 12.8. The third kappa shape index (κ3) is 2.31. The molecule has 1 aromatic rings. The molecule has 0 bridgehead atoms. The Morgan fingerprint density at radius 2 is 2.22 bits per heavy atom. The molecule has 2 saturated carbocycles. The van der Waals surface area contributed by atoms with Crippen LogP contribution in [0.1, 0.15) is 38.2 Å². The van der Waals surface area contributed by atoms with Gasteiger partial charge in [-0.05, 0) is 60.9 Å². The third-order valence-corrected chi connectivity index (χ3v) is 4.80. The highest BCUT2D eigenvalue weighted by Crippen LogP contribution is 2.41. The number of carbonyl (C=O) groups is 1. The lowest BCUT2D eigenvalue weighted by Crippen LogP contribution is -2.55. The lowest BCUT2D eigenvalue weighted by atomic mass is 9.95. The standard InChI is InChI=1S/C14H20N2OS/c1-14(15,11-2-3-11)13(17)16(12-4-5-12)8-10-6-7-18-9-10/h6-7,9,11-12H,2-5,8,15H2,1H3. The minimum atomic E-state index is -0.654. The first kappa shape index (κ1) is 12.2. The van der Waals surface area contributed by atoms with E-state index in [-0.39, 0.29) is 5.91 Å². The normalized spacial score (nSPS) is 22.6. The molecule has 0 saturated heterocycles. The van der Waals surface area contributed by atoms with Crippen LogP contribution in [0.25, 0.3) is 0 Å². The Hall–Kier alpha value is -0.870. The van der Waals surface area contributed by atoms with Crippen molar-refractivity contribution in [3.05, 3.63) is 22.4 Å². The van der Waals surface area contributed by atoms with E-state index >= 15 is 0 Å². The van der Waals surface area contributed by atoms with E-state index in [0.29, 0.717) is 12.0 Å². The van der Waals surface area contributed by atoms with Crippen molar-refractivity contribution in [1.29, 1.82) is 0 Å². The van der Waals surface area contributed by atoms with Crippen molar-refractivity contribution in [2.75, 3.05) is 0 Å². The lowest BCUT2D eigenvalue weighted by molar-refractivity contribution is -0.138. The highest BCUT2D eigenvalue weighted by Gasteiger charge is 2.48. The fraction of sp³-hybridized carbons (Fsp3) is 0.643. The smallest absolute Gasteiger partial charge is 0.243 e. The molecule has 0 spiro atoms. The molecular weight excluding hydrogens is 244 g/mol. The second-order valence-electron chi connectivity index (χ2n) is 5.85. The van der Waals surface area contributed by atoms with Crippen molar-refractivity contribution in [1.82, 2.24) is 4.90 Å². The van der Waals surface area contributed by atoms with Gasteiger partial charge in [-0.15, -0.1) is 0 Å². The highest BCUT2D eigenvalue weighted by atomic mass is 32.1. The van der Waals surface area contributed by atoms with Crippen LogP contribution in [0, 0.1) is 5.92 Å². The average molecular weight is 264 g/mol. The first-order chi connectivity index (χ1) is 8.59. The number of nitrogens with two attached hydrogens (primary N) is 1. The molecule has 1 amide bonds. The predicted octanol–water partition coefficient (Wildman–Crippen LogP) is 2.37. The molecule has 2 fully saturated rings. The first-order valence-electron chi connectivity index (χ1n) is 6.70. The zero-order valence-corrected chi connectivity index (χ0v) is 11.6. The topological polar surface area (TPSA) is 46.3 Å². The van der Waals surface area contributed by atoms with Gasteiger partial charge >= 0.3 is 0 Å². The van der Waals surface area contributed by atoms with Gasteiger partial charge in [0.15, 0.2) is 0 Å². The molecule has 0 aliphatic heterocycles. The number of hydrogen-bond donors (Lipinski definition) is 1. The molecule has 3 rings (SSSR count). The van der Waals surface area contributed by atoms with E-state index in [1.165, 1.54) is 5.56 Å². The van der Waals surface area contributed by atoms with Crippen molar-refractivity contribution in [2.24, 2.45) is 11.7 Å². The molecule has 1 unspecified atom stereocenters. The fourth-order valence-corrected chi connectivity index (χ4v) is 3.16. The number of rotatable bonds is 5. The quantitative estimate of drug-likeness (QED) is 0.887. The minimum absolute atomic E-state index is 0.152. The maximum atomic E-state index is 12.7. The van der Waals surface area contributed by atoms with Gasteiger partial charge in [0.05, 0.1) is 5.54 Å². The molecule has 3 nitrogen and oxygen atoms in total. The second-order valence-corrected chi connectivity index (χ2v) is 6.63. The first-order valence-corrected chi connectivity index (χ1v) is 7.64. The second kappa shape index (κ2) is 4.35. The molecule has 2 N–H and O–H groups in total. The van der Waals surface area contributed by atoms with E-state index in [0.717, 1.165) is 32.2 Å². The Bertz CT molecular complexity index is 433. The molecule has 1 aromatic heterocycles. The number of amides is 1. The summed E-state index contributed by atoms with van der Waals surface area (Å²) < 4.78 is 0. The molecule has 1 heterocycles. The average Bonchev–Trinajstić information content (AvgIpc) is 3.24. The van der Waals surface area contributed by atoms with Gasteiger partial charge < -0.3 is 10.6 Å². The molecule has 2 aliphatic rings. The lowest BCUT2D eigenvalue weighted by Gasteiger charge is -2.32. The van der Waals surface area contributed by atoms with Crippen LogP contribution < -0.4 is 5.73 Å². The van der Waals surface area contributed by atoms with Gasteiger partial charge in [0, 0.05) is 12.6 Å². The van der Waals surface area contributed by atoms with Gasteiger partial charge in [0.1, 0.15) is 0 Å². The van der Waals surface area contributed by atoms with Crippen LogP contribution in [0.4, 0.5) is 0 Å². The fourth-order valence-electron chi connectivity index (χ4n) is 2.50. The van der Waals surface area contributed by atoms with Gasteiger partial charge in [-0.25, -0.2) is 0 Å². The van der Waals surface area contributed by atoms with Gasteiger partial charge in [0.25, 0.3) is 0 Å². The van der Waals surface area contributed by atoms with Gasteiger partial charge in [-0.3, -0.25) is 4.79 Å². The number of carbonyl (C=O) groups excluding carboxylic acids is 1. The summed E-state index contributed by atoms with van der Waals surface area (Å²) >= 11 is 1.68. The van der Waals surface area contributed by atoms with Crippen LogP contribution in [0.2, 0.25) is 0 Å². The highest BCUT2D eigenvalue weighted by molar-refractivity contribution is 7.07.